The minimum atomic E-state index is -0.916. The summed E-state index contributed by atoms with van der Waals surface area (Å²) in [5.41, 5.74) is 0.351. The fraction of sp³-hybridized carbons (Fsp3) is 0.867. The van der Waals surface area contributed by atoms with Crippen LogP contribution in [-0.4, -0.2) is 29.1 Å². The van der Waals surface area contributed by atoms with E-state index in [4.69, 9.17) is 14.2 Å². The van der Waals surface area contributed by atoms with E-state index in [9.17, 15) is 5.11 Å². The Morgan fingerprint density at radius 1 is 1.32 bits per heavy atom. The summed E-state index contributed by atoms with van der Waals surface area (Å²) in [6.07, 6.45) is 2.82. The summed E-state index contributed by atoms with van der Waals surface area (Å²) in [4.78, 5) is 0. The number of rotatable bonds is 0. The SMILES string of the molecule is C=C1[C@H](O)O[C@@H]2O[C@@]3(C)CC[C@H]4[C@H](C)CC[C@@H]1[C@@]24O3. The Morgan fingerprint density at radius 2 is 2.11 bits per heavy atom. The number of fused-ring (bicyclic) bond motifs is 1. The summed E-state index contributed by atoms with van der Waals surface area (Å²) in [5.74, 6) is 0.651. The zero-order valence-corrected chi connectivity index (χ0v) is 11.6. The molecule has 1 spiro atoms. The highest BCUT2D eigenvalue weighted by atomic mass is 16.9. The van der Waals surface area contributed by atoms with Crippen molar-refractivity contribution in [1.29, 1.82) is 0 Å². The van der Waals surface area contributed by atoms with Gasteiger partial charge in [-0.25, -0.2) is 0 Å². The fourth-order valence-corrected chi connectivity index (χ4v) is 4.83. The molecule has 0 amide bonds. The highest BCUT2D eigenvalue weighted by Crippen LogP contribution is 2.62. The molecule has 0 aromatic rings. The minimum absolute atomic E-state index is 0.157. The van der Waals surface area contributed by atoms with Gasteiger partial charge in [-0.05, 0) is 43.6 Å². The third-order valence-corrected chi connectivity index (χ3v) is 5.77. The van der Waals surface area contributed by atoms with Crippen LogP contribution in [0, 0.1) is 17.8 Å². The van der Waals surface area contributed by atoms with Crippen LogP contribution in [0.1, 0.15) is 39.5 Å². The summed E-state index contributed by atoms with van der Waals surface area (Å²) < 4.78 is 18.1. The van der Waals surface area contributed by atoms with Gasteiger partial charge in [0.2, 0.25) is 0 Å². The summed E-state index contributed by atoms with van der Waals surface area (Å²) in [7, 11) is 0. The van der Waals surface area contributed by atoms with Crippen LogP contribution < -0.4 is 0 Å². The molecule has 0 aromatic carbocycles. The van der Waals surface area contributed by atoms with Gasteiger partial charge in [0.1, 0.15) is 5.60 Å². The molecule has 7 atom stereocenters. The first kappa shape index (κ1) is 12.3. The zero-order valence-electron chi connectivity index (χ0n) is 11.6. The van der Waals surface area contributed by atoms with E-state index in [2.05, 4.69) is 13.5 Å². The van der Waals surface area contributed by atoms with Gasteiger partial charge in [-0.15, -0.1) is 0 Å². The first-order valence-electron chi connectivity index (χ1n) is 7.36. The number of aliphatic hydroxyl groups excluding tert-OH is 1. The van der Waals surface area contributed by atoms with Gasteiger partial charge in [-0.2, -0.15) is 0 Å². The molecule has 2 bridgehead atoms. The molecule has 4 nitrogen and oxygen atoms in total. The van der Waals surface area contributed by atoms with Crippen LogP contribution in [0.15, 0.2) is 12.2 Å². The Bertz CT molecular complexity index is 436. The lowest BCUT2D eigenvalue weighted by Crippen LogP contribution is -2.64. The van der Waals surface area contributed by atoms with Gasteiger partial charge in [-0.1, -0.05) is 13.5 Å². The van der Waals surface area contributed by atoms with Crippen LogP contribution in [0.4, 0.5) is 0 Å². The topological polar surface area (TPSA) is 47.9 Å². The summed E-state index contributed by atoms with van der Waals surface area (Å²) >= 11 is 0. The van der Waals surface area contributed by atoms with Crippen molar-refractivity contribution in [2.45, 2.75) is 63.5 Å². The molecule has 0 unspecified atom stereocenters. The molecule has 4 aliphatic rings. The molecular formula is C15H22O4. The predicted molar refractivity (Wildman–Crippen MR) is 67.9 cm³/mol. The van der Waals surface area contributed by atoms with Crippen LogP contribution >= 0.6 is 0 Å². The van der Waals surface area contributed by atoms with E-state index in [1.165, 1.54) is 0 Å². The molecule has 0 aromatic heterocycles. The van der Waals surface area contributed by atoms with Crippen LogP contribution in [0.5, 0.6) is 0 Å². The van der Waals surface area contributed by atoms with Gasteiger partial charge in [0.15, 0.2) is 18.4 Å². The fourth-order valence-electron chi connectivity index (χ4n) is 4.83. The highest BCUT2D eigenvalue weighted by molar-refractivity contribution is 5.23. The van der Waals surface area contributed by atoms with Crippen molar-refractivity contribution in [3.8, 4) is 0 Å². The Balaban J connectivity index is 1.84. The van der Waals surface area contributed by atoms with Crippen molar-refractivity contribution in [2.24, 2.45) is 17.8 Å². The van der Waals surface area contributed by atoms with Crippen molar-refractivity contribution < 1.29 is 19.3 Å². The monoisotopic (exact) mass is 266 g/mol. The van der Waals surface area contributed by atoms with Gasteiger partial charge in [0.25, 0.3) is 0 Å². The van der Waals surface area contributed by atoms with Gasteiger partial charge in [0, 0.05) is 12.3 Å². The van der Waals surface area contributed by atoms with E-state index in [0.29, 0.717) is 11.8 Å². The molecule has 4 rings (SSSR count). The van der Waals surface area contributed by atoms with Gasteiger partial charge in [-0.3, -0.25) is 0 Å². The lowest BCUT2D eigenvalue weighted by Gasteiger charge is -2.56. The third kappa shape index (κ3) is 1.38. The molecule has 1 saturated carbocycles. The molecule has 1 N–H and O–H groups in total. The van der Waals surface area contributed by atoms with E-state index >= 15 is 0 Å². The second-order valence-electron chi connectivity index (χ2n) is 6.85. The van der Waals surface area contributed by atoms with E-state index < -0.39 is 24.0 Å². The molecule has 3 heterocycles. The average molecular weight is 266 g/mol. The van der Waals surface area contributed by atoms with E-state index in [1.807, 2.05) is 6.92 Å². The number of aliphatic hydroxyl groups is 1. The molecule has 106 valence electrons. The lowest BCUT2D eigenvalue weighted by atomic mass is 9.58. The molecular weight excluding hydrogens is 244 g/mol. The molecule has 1 aliphatic carbocycles. The largest absolute Gasteiger partial charge is 0.364 e. The van der Waals surface area contributed by atoms with E-state index in [1.54, 1.807) is 0 Å². The summed E-state index contributed by atoms with van der Waals surface area (Å²) in [5, 5.41) is 10.0. The maximum absolute atomic E-state index is 10.0. The third-order valence-electron chi connectivity index (χ3n) is 5.77. The smallest absolute Gasteiger partial charge is 0.194 e. The first-order valence-corrected chi connectivity index (χ1v) is 7.36. The maximum Gasteiger partial charge on any atom is 0.194 e. The minimum Gasteiger partial charge on any atom is -0.364 e. The predicted octanol–water partition coefficient (Wildman–Crippen LogP) is 2.18. The van der Waals surface area contributed by atoms with E-state index in [0.717, 1.165) is 31.3 Å². The molecule has 4 heteroatoms. The second-order valence-corrected chi connectivity index (χ2v) is 6.85. The Kier molecular flexibility index (Phi) is 2.34. The Labute approximate surface area is 113 Å². The van der Waals surface area contributed by atoms with Crippen molar-refractivity contribution in [1.82, 2.24) is 0 Å². The number of ether oxygens (including phenoxy) is 3. The van der Waals surface area contributed by atoms with Crippen LogP contribution in [0.3, 0.4) is 0 Å². The molecule has 19 heavy (non-hydrogen) atoms. The second kappa shape index (κ2) is 3.61. The Morgan fingerprint density at radius 3 is 2.89 bits per heavy atom. The van der Waals surface area contributed by atoms with Crippen molar-refractivity contribution in [2.75, 3.05) is 0 Å². The summed E-state index contributed by atoms with van der Waals surface area (Å²) in [6, 6.07) is 0. The average Bonchev–Trinajstić information content (AvgIpc) is 2.56. The quantitative estimate of drug-likeness (QED) is 0.683. The highest BCUT2D eigenvalue weighted by Gasteiger charge is 2.70. The van der Waals surface area contributed by atoms with Gasteiger partial charge in [0.05, 0.1) is 0 Å². The number of hydrogen-bond donors (Lipinski definition) is 1. The van der Waals surface area contributed by atoms with Crippen LogP contribution in [-0.2, 0) is 14.2 Å². The van der Waals surface area contributed by atoms with Gasteiger partial charge < -0.3 is 19.3 Å². The van der Waals surface area contributed by atoms with Crippen molar-refractivity contribution in [3.05, 3.63) is 12.2 Å². The molecule has 3 saturated heterocycles. The van der Waals surface area contributed by atoms with Crippen LogP contribution in [0.2, 0.25) is 0 Å². The molecule has 3 aliphatic heterocycles. The van der Waals surface area contributed by atoms with Crippen molar-refractivity contribution >= 4 is 0 Å². The lowest BCUT2D eigenvalue weighted by molar-refractivity contribution is -0.280. The Hall–Kier alpha value is -0.420. The normalized spacial score (nSPS) is 59.9. The zero-order chi connectivity index (χ0) is 13.4. The van der Waals surface area contributed by atoms with E-state index in [-0.39, 0.29) is 5.92 Å². The van der Waals surface area contributed by atoms with Gasteiger partial charge >= 0.3 is 0 Å². The maximum atomic E-state index is 10.0. The summed E-state index contributed by atoms with van der Waals surface area (Å²) in [6.45, 7) is 8.34. The molecule has 4 fully saturated rings. The standard InChI is InChI=1S/C15H22O4/c1-8-4-5-11-9(2)12(16)17-13-15(11)10(8)6-7-14(3,18-13)19-15/h8,10-13,16H,2,4-7H2,1,3H3/t8-,10+,11+,12-,13-,14-,15-/m1/s1. The first-order chi connectivity index (χ1) is 8.96. The van der Waals surface area contributed by atoms with Crippen LogP contribution in [0.25, 0.3) is 0 Å². The number of hydrogen-bond acceptors (Lipinski definition) is 4. The molecule has 0 radical (unpaired) electrons. The van der Waals surface area contributed by atoms with Crippen molar-refractivity contribution in [3.63, 3.8) is 0 Å².